The molecule has 1 aliphatic rings. The Morgan fingerprint density at radius 2 is 1.75 bits per heavy atom. The molecule has 0 spiro atoms. The average molecular weight is 167 g/mol. The lowest BCUT2D eigenvalue weighted by Crippen LogP contribution is -2.30. The molecule has 0 bridgehead atoms. The van der Waals surface area contributed by atoms with Crippen molar-refractivity contribution < 1.29 is 9.59 Å². The highest BCUT2D eigenvalue weighted by Crippen LogP contribution is 2.05. The summed E-state index contributed by atoms with van der Waals surface area (Å²) in [4.78, 5) is 23.3. The summed E-state index contributed by atoms with van der Waals surface area (Å²) in [5.74, 6) is -0.341. The van der Waals surface area contributed by atoms with Gasteiger partial charge in [0.1, 0.15) is 0 Å². The predicted octanol–water partition coefficient (Wildman–Crippen LogP) is 1.10. The molecule has 66 valence electrons. The number of unbranched alkanes of at least 4 members (excludes halogenated alkanes) is 2. The van der Waals surface area contributed by atoms with Crippen LogP contribution in [0, 0.1) is 0 Å². The molecule has 1 heterocycles. The van der Waals surface area contributed by atoms with E-state index in [-0.39, 0.29) is 11.8 Å². The van der Waals surface area contributed by atoms with Gasteiger partial charge in [-0.15, -0.1) is 0 Å². The van der Waals surface area contributed by atoms with Crippen LogP contribution in [0.15, 0.2) is 12.2 Å². The highest BCUT2D eigenvalue weighted by molar-refractivity contribution is 6.12. The SMILES string of the molecule is CCCCCN1C(=O)C=CC1=O. The largest absolute Gasteiger partial charge is 0.275 e. The van der Waals surface area contributed by atoms with E-state index < -0.39 is 0 Å². The summed E-state index contributed by atoms with van der Waals surface area (Å²) in [6, 6.07) is 0. The number of hydrogen-bond acceptors (Lipinski definition) is 2. The van der Waals surface area contributed by atoms with Crippen LogP contribution in [-0.4, -0.2) is 23.3 Å². The first-order chi connectivity index (χ1) is 5.75. The van der Waals surface area contributed by atoms with Crippen molar-refractivity contribution in [2.24, 2.45) is 0 Å². The first-order valence-electron chi connectivity index (χ1n) is 4.29. The maximum Gasteiger partial charge on any atom is 0.253 e. The molecule has 0 aromatic carbocycles. The molecule has 2 amide bonds. The Kier molecular flexibility index (Phi) is 3.02. The fourth-order valence-electron chi connectivity index (χ4n) is 1.17. The Balaban J connectivity index is 2.33. The quantitative estimate of drug-likeness (QED) is 0.464. The molecule has 0 saturated carbocycles. The molecule has 0 unspecified atom stereocenters. The lowest BCUT2D eigenvalue weighted by molar-refractivity contribution is -0.136. The zero-order valence-electron chi connectivity index (χ0n) is 7.25. The molecule has 3 nitrogen and oxygen atoms in total. The van der Waals surface area contributed by atoms with Crippen molar-refractivity contribution in [2.45, 2.75) is 26.2 Å². The van der Waals surface area contributed by atoms with Crippen molar-refractivity contribution in [1.29, 1.82) is 0 Å². The molecule has 3 heteroatoms. The molecule has 1 aliphatic heterocycles. The van der Waals surface area contributed by atoms with Gasteiger partial charge in [0.05, 0.1) is 0 Å². The maximum absolute atomic E-state index is 11.0. The second-order valence-corrected chi connectivity index (χ2v) is 2.87. The summed E-state index contributed by atoms with van der Waals surface area (Å²) in [6.45, 7) is 2.66. The standard InChI is InChI=1S/C9H13NO2/c1-2-3-4-7-10-8(11)5-6-9(10)12/h5-6H,2-4,7H2,1H3. The number of rotatable bonds is 4. The van der Waals surface area contributed by atoms with Crippen LogP contribution in [0.2, 0.25) is 0 Å². The van der Waals surface area contributed by atoms with Gasteiger partial charge in [-0.3, -0.25) is 14.5 Å². The summed E-state index contributed by atoms with van der Waals surface area (Å²) in [5.41, 5.74) is 0. The van der Waals surface area contributed by atoms with E-state index >= 15 is 0 Å². The van der Waals surface area contributed by atoms with Crippen molar-refractivity contribution in [1.82, 2.24) is 4.90 Å². The van der Waals surface area contributed by atoms with Gasteiger partial charge in [0.2, 0.25) is 0 Å². The first-order valence-corrected chi connectivity index (χ1v) is 4.29. The molecular weight excluding hydrogens is 154 g/mol. The van der Waals surface area contributed by atoms with E-state index in [1.165, 1.54) is 17.1 Å². The molecule has 0 aromatic heterocycles. The van der Waals surface area contributed by atoms with Crippen LogP contribution in [0.25, 0.3) is 0 Å². The Labute approximate surface area is 72.0 Å². The number of hydrogen-bond donors (Lipinski definition) is 0. The Morgan fingerprint density at radius 3 is 2.25 bits per heavy atom. The van der Waals surface area contributed by atoms with Crippen molar-refractivity contribution in [3.63, 3.8) is 0 Å². The molecule has 0 aromatic rings. The van der Waals surface area contributed by atoms with Crippen LogP contribution in [0.4, 0.5) is 0 Å². The minimum absolute atomic E-state index is 0.170. The number of carbonyl (C=O) groups is 2. The fraction of sp³-hybridized carbons (Fsp3) is 0.556. The van der Waals surface area contributed by atoms with E-state index in [1.807, 2.05) is 0 Å². The van der Waals surface area contributed by atoms with Crippen molar-refractivity contribution in [3.05, 3.63) is 12.2 Å². The van der Waals surface area contributed by atoms with Crippen molar-refractivity contribution >= 4 is 11.8 Å². The molecule has 0 saturated heterocycles. The lowest BCUT2D eigenvalue weighted by atomic mass is 10.2. The number of nitrogens with zero attached hydrogens (tertiary/aromatic N) is 1. The smallest absolute Gasteiger partial charge is 0.253 e. The topological polar surface area (TPSA) is 37.4 Å². The third-order valence-corrected chi connectivity index (χ3v) is 1.89. The van der Waals surface area contributed by atoms with E-state index in [4.69, 9.17) is 0 Å². The van der Waals surface area contributed by atoms with Gasteiger partial charge in [-0.05, 0) is 6.42 Å². The molecule has 0 radical (unpaired) electrons. The molecule has 12 heavy (non-hydrogen) atoms. The van der Waals surface area contributed by atoms with Gasteiger partial charge in [0.25, 0.3) is 11.8 Å². The van der Waals surface area contributed by atoms with Crippen molar-refractivity contribution in [2.75, 3.05) is 6.54 Å². The Bertz CT molecular complexity index is 203. The fourth-order valence-corrected chi connectivity index (χ4v) is 1.17. The van der Waals surface area contributed by atoms with Gasteiger partial charge in [0.15, 0.2) is 0 Å². The van der Waals surface area contributed by atoms with Gasteiger partial charge < -0.3 is 0 Å². The highest BCUT2D eigenvalue weighted by atomic mass is 16.2. The second-order valence-electron chi connectivity index (χ2n) is 2.87. The van der Waals surface area contributed by atoms with E-state index in [2.05, 4.69) is 6.92 Å². The normalized spacial score (nSPS) is 16.2. The summed E-state index contributed by atoms with van der Waals surface area (Å²) in [7, 11) is 0. The third kappa shape index (κ3) is 1.94. The van der Waals surface area contributed by atoms with Crippen LogP contribution >= 0.6 is 0 Å². The number of amides is 2. The molecule has 0 aliphatic carbocycles. The van der Waals surface area contributed by atoms with Gasteiger partial charge in [-0.2, -0.15) is 0 Å². The van der Waals surface area contributed by atoms with Crippen LogP contribution in [0.3, 0.4) is 0 Å². The Morgan fingerprint density at radius 1 is 1.17 bits per heavy atom. The predicted molar refractivity (Wildman–Crippen MR) is 45.4 cm³/mol. The minimum atomic E-state index is -0.170. The van der Waals surface area contributed by atoms with Gasteiger partial charge >= 0.3 is 0 Å². The number of carbonyl (C=O) groups excluding carboxylic acids is 2. The molecule has 0 atom stereocenters. The zero-order valence-corrected chi connectivity index (χ0v) is 7.25. The monoisotopic (exact) mass is 167 g/mol. The second kappa shape index (κ2) is 4.04. The van der Waals surface area contributed by atoms with E-state index in [1.54, 1.807) is 0 Å². The Hall–Kier alpha value is -1.12. The lowest BCUT2D eigenvalue weighted by Gasteiger charge is -2.12. The highest BCUT2D eigenvalue weighted by Gasteiger charge is 2.21. The summed E-state index contributed by atoms with van der Waals surface area (Å²) in [5, 5.41) is 0. The van der Waals surface area contributed by atoms with Gasteiger partial charge in [0, 0.05) is 18.7 Å². The van der Waals surface area contributed by atoms with Gasteiger partial charge in [-0.1, -0.05) is 19.8 Å². The maximum atomic E-state index is 11.0. The van der Waals surface area contributed by atoms with Crippen LogP contribution in [0.5, 0.6) is 0 Å². The molecule has 0 N–H and O–H groups in total. The summed E-state index contributed by atoms with van der Waals surface area (Å²) >= 11 is 0. The molecule has 1 rings (SSSR count). The minimum Gasteiger partial charge on any atom is -0.275 e. The van der Waals surface area contributed by atoms with E-state index in [0.717, 1.165) is 19.3 Å². The van der Waals surface area contributed by atoms with Crippen LogP contribution in [-0.2, 0) is 9.59 Å². The van der Waals surface area contributed by atoms with Crippen LogP contribution in [0.1, 0.15) is 26.2 Å². The van der Waals surface area contributed by atoms with E-state index in [0.29, 0.717) is 6.54 Å². The van der Waals surface area contributed by atoms with Crippen LogP contribution < -0.4 is 0 Å². The summed E-state index contributed by atoms with van der Waals surface area (Å²) in [6.07, 6.45) is 5.74. The summed E-state index contributed by atoms with van der Waals surface area (Å²) < 4.78 is 0. The van der Waals surface area contributed by atoms with Crippen molar-refractivity contribution in [3.8, 4) is 0 Å². The molecule has 0 fully saturated rings. The van der Waals surface area contributed by atoms with Gasteiger partial charge in [-0.25, -0.2) is 0 Å². The van der Waals surface area contributed by atoms with E-state index in [9.17, 15) is 9.59 Å². The first kappa shape index (κ1) is 8.97. The molecular formula is C9H13NO2. The average Bonchev–Trinajstić information content (AvgIpc) is 2.35. The zero-order chi connectivity index (χ0) is 8.97. The number of imide groups is 1. The third-order valence-electron chi connectivity index (χ3n) is 1.89.